The van der Waals surface area contributed by atoms with Gasteiger partial charge in [0.25, 0.3) is 0 Å². The van der Waals surface area contributed by atoms with E-state index in [0.717, 1.165) is 24.8 Å². The van der Waals surface area contributed by atoms with Gasteiger partial charge >= 0.3 is 0 Å². The van der Waals surface area contributed by atoms with Gasteiger partial charge in [-0.15, -0.1) is 0 Å². The van der Waals surface area contributed by atoms with Crippen molar-refractivity contribution in [2.75, 3.05) is 19.6 Å². The van der Waals surface area contributed by atoms with Gasteiger partial charge in [-0.2, -0.15) is 0 Å². The predicted octanol–water partition coefficient (Wildman–Crippen LogP) is 3.33. The molecular weight excluding hydrogens is 256 g/mol. The van der Waals surface area contributed by atoms with Gasteiger partial charge < -0.3 is 5.32 Å². The van der Waals surface area contributed by atoms with Gasteiger partial charge in [-0.25, -0.2) is 0 Å². The molecule has 2 nitrogen and oxygen atoms in total. The summed E-state index contributed by atoms with van der Waals surface area (Å²) < 4.78 is 0. The summed E-state index contributed by atoms with van der Waals surface area (Å²) in [5, 5.41) is 3.74. The first-order valence-electron chi connectivity index (χ1n) is 8.72. The molecule has 0 radical (unpaired) electrons. The molecule has 1 aliphatic carbocycles. The topological polar surface area (TPSA) is 15.3 Å². The number of nitrogens with zero attached hydrogens (tertiary/aromatic N) is 1. The van der Waals surface area contributed by atoms with Gasteiger partial charge in [0, 0.05) is 31.7 Å². The van der Waals surface area contributed by atoms with E-state index in [1.807, 2.05) is 0 Å². The van der Waals surface area contributed by atoms with E-state index in [9.17, 15) is 0 Å². The molecule has 21 heavy (non-hydrogen) atoms. The predicted molar refractivity (Wildman–Crippen MR) is 89.5 cm³/mol. The Hall–Kier alpha value is -0.860. The van der Waals surface area contributed by atoms with Crippen LogP contribution >= 0.6 is 0 Å². The second-order valence-corrected chi connectivity index (χ2v) is 7.38. The molecule has 1 saturated heterocycles. The van der Waals surface area contributed by atoms with Crippen LogP contribution in [-0.2, 0) is 6.42 Å². The Bertz CT molecular complexity index is 430. The van der Waals surface area contributed by atoms with Gasteiger partial charge in [0.15, 0.2) is 0 Å². The van der Waals surface area contributed by atoms with Gasteiger partial charge in [0.1, 0.15) is 0 Å². The summed E-state index contributed by atoms with van der Waals surface area (Å²) in [4.78, 5) is 2.74. The fourth-order valence-electron chi connectivity index (χ4n) is 4.11. The van der Waals surface area contributed by atoms with Gasteiger partial charge in [-0.05, 0) is 43.6 Å². The fourth-order valence-corrected chi connectivity index (χ4v) is 4.11. The third-order valence-corrected chi connectivity index (χ3v) is 5.40. The molecule has 0 amide bonds. The van der Waals surface area contributed by atoms with Gasteiger partial charge in [0.2, 0.25) is 0 Å². The molecule has 4 atom stereocenters. The summed E-state index contributed by atoms with van der Waals surface area (Å²) in [5.41, 5.74) is 1.46. The zero-order valence-electron chi connectivity index (χ0n) is 13.6. The van der Waals surface area contributed by atoms with Gasteiger partial charge in [-0.1, -0.05) is 43.7 Å². The zero-order valence-corrected chi connectivity index (χ0v) is 13.6. The number of hydrogen-bond acceptors (Lipinski definition) is 2. The molecule has 1 aromatic rings. The van der Waals surface area contributed by atoms with E-state index >= 15 is 0 Å². The normalized spacial score (nSPS) is 34.2. The summed E-state index contributed by atoms with van der Waals surface area (Å²) in [6.07, 6.45) is 5.49. The summed E-state index contributed by atoms with van der Waals surface area (Å²) in [6.45, 7) is 8.46. The lowest BCUT2D eigenvalue weighted by Gasteiger charge is -2.40. The molecule has 1 heterocycles. The summed E-state index contributed by atoms with van der Waals surface area (Å²) >= 11 is 0. The molecule has 3 rings (SSSR count). The number of hydrogen-bond donors (Lipinski definition) is 1. The first-order chi connectivity index (χ1) is 10.2. The molecule has 4 unspecified atom stereocenters. The van der Waals surface area contributed by atoms with Crippen LogP contribution < -0.4 is 5.32 Å². The van der Waals surface area contributed by atoms with E-state index in [0.29, 0.717) is 12.1 Å². The van der Waals surface area contributed by atoms with E-state index in [4.69, 9.17) is 0 Å². The average molecular weight is 286 g/mol. The number of nitrogens with one attached hydrogen (secondary N) is 1. The van der Waals surface area contributed by atoms with Crippen LogP contribution in [0.25, 0.3) is 0 Å². The highest BCUT2D eigenvalue weighted by Crippen LogP contribution is 2.31. The Morgan fingerprint density at radius 1 is 1.14 bits per heavy atom. The first-order valence-corrected chi connectivity index (χ1v) is 8.72. The summed E-state index contributed by atoms with van der Waals surface area (Å²) in [5.74, 6) is 1.89. The summed E-state index contributed by atoms with van der Waals surface area (Å²) in [6, 6.07) is 12.2. The molecular formula is C19H30N2. The lowest BCUT2D eigenvalue weighted by Crippen LogP contribution is -2.56. The third-order valence-electron chi connectivity index (χ3n) is 5.40. The molecule has 2 fully saturated rings. The van der Waals surface area contributed by atoms with Crippen molar-refractivity contribution in [3.63, 3.8) is 0 Å². The van der Waals surface area contributed by atoms with Crippen LogP contribution in [0.5, 0.6) is 0 Å². The minimum atomic E-state index is 0.613. The quantitative estimate of drug-likeness (QED) is 0.913. The van der Waals surface area contributed by atoms with Crippen molar-refractivity contribution in [3.8, 4) is 0 Å². The Kier molecular flexibility index (Phi) is 4.97. The molecule has 2 aliphatic rings. The summed E-state index contributed by atoms with van der Waals surface area (Å²) in [7, 11) is 0. The van der Waals surface area contributed by atoms with Crippen molar-refractivity contribution in [2.24, 2.45) is 11.8 Å². The maximum absolute atomic E-state index is 3.74. The highest BCUT2D eigenvalue weighted by Gasteiger charge is 2.29. The molecule has 2 heteroatoms. The fraction of sp³-hybridized carbons (Fsp3) is 0.684. The second-order valence-electron chi connectivity index (χ2n) is 7.38. The number of benzene rings is 1. The smallest absolute Gasteiger partial charge is 0.0236 e. The number of rotatable bonds is 4. The zero-order chi connectivity index (χ0) is 14.7. The lowest BCUT2D eigenvalue weighted by molar-refractivity contribution is 0.119. The Labute approximate surface area is 129 Å². The van der Waals surface area contributed by atoms with Crippen LogP contribution in [0.2, 0.25) is 0 Å². The third kappa shape index (κ3) is 4.08. The highest BCUT2D eigenvalue weighted by molar-refractivity contribution is 5.16. The minimum Gasteiger partial charge on any atom is -0.311 e. The van der Waals surface area contributed by atoms with Crippen LogP contribution in [0.4, 0.5) is 0 Å². The van der Waals surface area contributed by atoms with Crippen molar-refractivity contribution in [1.82, 2.24) is 10.2 Å². The van der Waals surface area contributed by atoms with E-state index in [2.05, 4.69) is 54.4 Å². The molecule has 116 valence electrons. The van der Waals surface area contributed by atoms with Crippen LogP contribution in [-0.4, -0.2) is 36.6 Å². The molecule has 1 aromatic carbocycles. The molecule has 0 aromatic heterocycles. The average Bonchev–Trinajstić information content (AvgIpc) is 2.89. The monoisotopic (exact) mass is 286 g/mol. The molecule has 1 saturated carbocycles. The van der Waals surface area contributed by atoms with Crippen LogP contribution in [0.15, 0.2) is 30.3 Å². The Balaban J connectivity index is 1.54. The van der Waals surface area contributed by atoms with Crippen LogP contribution in [0.3, 0.4) is 0 Å². The van der Waals surface area contributed by atoms with Crippen molar-refractivity contribution in [1.29, 1.82) is 0 Å². The molecule has 1 aliphatic heterocycles. The first kappa shape index (κ1) is 15.1. The standard InChI is InChI=1S/C19H30N2/c1-15-8-9-18(10-15)13-21-14-19(20-12-16(21)2)11-17-6-4-3-5-7-17/h3-7,15-16,18-20H,8-14H2,1-2H3. The maximum Gasteiger partial charge on any atom is 0.0236 e. The van der Waals surface area contributed by atoms with Crippen LogP contribution in [0, 0.1) is 11.8 Å². The maximum atomic E-state index is 3.74. The second kappa shape index (κ2) is 6.93. The van der Waals surface area contributed by atoms with Crippen molar-refractivity contribution < 1.29 is 0 Å². The minimum absolute atomic E-state index is 0.613. The van der Waals surface area contributed by atoms with Gasteiger partial charge in [0.05, 0.1) is 0 Å². The van der Waals surface area contributed by atoms with Gasteiger partial charge in [-0.3, -0.25) is 4.90 Å². The van der Waals surface area contributed by atoms with E-state index in [-0.39, 0.29) is 0 Å². The van der Waals surface area contributed by atoms with Crippen molar-refractivity contribution >= 4 is 0 Å². The van der Waals surface area contributed by atoms with Crippen LogP contribution in [0.1, 0.15) is 38.7 Å². The van der Waals surface area contributed by atoms with Crippen molar-refractivity contribution in [3.05, 3.63) is 35.9 Å². The van der Waals surface area contributed by atoms with E-state index in [1.165, 1.54) is 37.9 Å². The highest BCUT2D eigenvalue weighted by atomic mass is 15.2. The molecule has 0 bridgehead atoms. The van der Waals surface area contributed by atoms with E-state index in [1.54, 1.807) is 0 Å². The largest absolute Gasteiger partial charge is 0.311 e. The molecule has 1 N–H and O–H groups in total. The number of piperazine rings is 1. The molecule has 0 spiro atoms. The SMILES string of the molecule is CC1CCC(CN2CC(Cc3ccccc3)NCC2C)C1. The lowest BCUT2D eigenvalue weighted by atomic mass is 9.99. The Morgan fingerprint density at radius 2 is 1.95 bits per heavy atom. The van der Waals surface area contributed by atoms with E-state index < -0.39 is 0 Å². The van der Waals surface area contributed by atoms with Crippen molar-refractivity contribution in [2.45, 2.75) is 51.6 Å². The Morgan fingerprint density at radius 3 is 2.67 bits per heavy atom.